The second-order valence-electron chi connectivity index (χ2n) is 6.47. The number of carbonyl (C=O) groups excluding carboxylic acids is 1. The molecule has 3 rings (SSSR count). The molecule has 0 spiro atoms. The predicted molar refractivity (Wildman–Crippen MR) is 92.1 cm³/mol. The first-order valence-corrected chi connectivity index (χ1v) is 8.45. The van der Waals surface area contributed by atoms with Crippen LogP contribution < -0.4 is 0 Å². The number of hydrogen-bond donors (Lipinski definition) is 0. The van der Waals surface area contributed by atoms with Gasteiger partial charge in [-0.1, -0.05) is 48.0 Å². The van der Waals surface area contributed by atoms with Gasteiger partial charge in [0.15, 0.2) is 6.10 Å². The van der Waals surface area contributed by atoms with Gasteiger partial charge in [-0.2, -0.15) is 13.2 Å². The van der Waals surface area contributed by atoms with E-state index in [-0.39, 0.29) is 19.1 Å². The number of alkyl halides is 3. The fourth-order valence-electron chi connectivity index (χ4n) is 3.01. The third kappa shape index (κ3) is 4.25. The molecule has 0 aromatic heterocycles. The average molecular weight is 363 g/mol. The van der Waals surface area contributed by atoms with Crippen molar-refractivity contribution in [2.75, 3.05) is 19.7 Å². The Morgan fingerprint density at radius 3 is 2.54 bits per heavy atom. The minimum absolute atomic E-state index is 0.115. The lowest BCUT2D eigenvalue weighted by Crippen LogP contribution is -2.51. The van der Waals surface area contributed by atoms with Crippen LogP contribution in [0.1, 0.15) is 27.0 Å². The van der Waals surface area contributed by atoms with E-state index in [4.69, 9.17) is 4.74 Å². The van der Waals surface area contributed by atoms with Crippen LogP contribution >= 0.6 is 0 Å². The monoisotopic (exact) mass is 363 g/mol. The number of hydrogen-bond acceptors (Lipinski definition) is 2. The first-order valence-electron chi connectivity index (χ1n) is 8.45. The lowest BCUT2D eigenvalue weighted by atomic mass is 9.98. The van der Waals surface area contributed by atoms with E-state index in [1.54, 1.807) is 12.1 Å². The highest BCUT2D eigenvalue weighted by Crippen LogP contribution is 2.27. The zero-order valence-electron chi connectivity index (χ0n) is 14.4. The average Bonchev–Trinajstić information content (AvgIpc) is 2.63. The highest BCUT2D eigenvalue weighted by molar-refractivity contribution is 5.96. The molecular weight excluding hydrogens is 343 g/mol. The molecular formula is C20H20F3NO2. The van der Waals surface area contributed by atoms with Gasteiger partial charge >= 0.3 is 6.18 Å². The maximum absolute atomic E-state index is 12.9. The summed E-state index contributed by atoms with van der Waals surface area (Å²) in [5.41, 5.74) is 3.43. The number of rotatable bonds is 3. The molecule has 0 N–H and O–H groups in total. The highest BCUT2D eigenvalue weighted by Gasteiger charge is 2.44. The molecule has 1 atom stereocenters. The molecule has 1 saturated heterocycles. The van der Waals surface area contributed by atoms with E-state index in [0.717, 1.165) is 16.7 Å². The first-order chi connectivity index (χ1) is 12.3. The van der Waals surface area contributed by atoms with E-state index in [2.05, 4.69) is 0 Å². The summed E-state index contributed by atoms with van der Waals surface area (Å²) in [4.78, 5) is 14.1. The van der Waals surface area contributed by atoms with Gasteiger partial charge in [-0.05, 0) is 30.5 Å². The van der Waals surface area contributed by atoms with Gasteiger partial charge in [0.25, 0.3) is 5.91 Å². The van der Waals surface area contributed by atoms with Crippen molar-refractivity contribution in [3.05, 3.63) is 70.8 Å². The summed E-state index contributed by atoms with van der Waals surface area (Å²) in [5, 5.41) is 0. The minimum atomic E-state index is -4.47. The zero-order valence-corrected chi connectivity index (χ0v) is 14.4. The Labute approximate surface area is 150 Å². The van der Waals surface area contributed by atoms with Crippen molar-refractivity contribution in [1.82, 2.24) is 4.90 Å². The van der Waals surface area contributed by atoms with Crippen LogP contribution in [-0.2, 0) is 11.2 Å². The van der Waals surface area contributed by atoms with E-state index in [0.29, 0.717) is 12.0 Å². The van der Waals surface area contributed by atoms with Gasteiger partial charge in [-0.3, -0.25) is 4.79 Å². The molecule has 6 heteroatoms. The molecule has 1 fully saturated rings. The van der Waals surface area contributed by atoms with Crippen molar-refractivity contribution in [2.24, 2.45) is 0 Å². The quantitative estimate of drug-likeness (QED) is 0.825. The predicted octanol–water partition coefficient (Wildman–Crippen LogP) is 3.99. The number of carbonyl (C=O) groups is 1. The summed E-state index contributed by atoms with van der Waals surface area (Å²) in [5.74, 6) is -0.384. The Morgan fingerprint density at radius 2 is 1.85 bits per heavy atom. The molecule has 2 aromatic rings. The van der Waals surface area contributed by atoms with Gasteiger partial charge in [0.1, 0.15) is 0 Å². The topological polar surface area (TPSA) is 29.5 Å². The molecule has 0 saturated carbocycles. The standard InChI is InChI=1S/C20H20F3NO2/c1-14-6-8-15(9-7-14)12-16-4-2-3-5-17(16)19(25)24-10-11-26-18(13-24)20(21,22)23/h2-9,18H,10-13H2,1H3/t18-/m1/s1. The maximum Gasteiger partial charge on any atom is 0.416 e. The molecule has 0 bridgehead atoms. The van der Waals surface area contributed by atoms with Gasteiger partial charge < -0.3 is 9.64 Å². The number of ether oxygens (including phenoxy) is 1. The van der Waals surface area contributed by atoms with E-state index in [1.165, 1.54) is 4.90 Å². The maximum atomic E-state index is 12.9. The second-order valence-corrected chi connectivity index (χ2v) is 6.47. The van der Waals surface area contributed by atoms with Crippen LogP contribution in [0.3, 0.4) is 0 Å². The first kappa shape index (κ1) is 18.5. The minimum Gasteiger partial charge on any atom is -0.365 e. The summed E-state index contributed by atoms with van der Waals surface area (Å²) < 4.78 is 43.5. The third-order valence-electron chi connectivity index (χ3n) is 4.48. The molecule has 2 aromatic carbocycles. The summed E-state index contributed by atoms with van der Waals surface area (Å²) in [6, 6.07) is 15.0. The second kappa shape index (κ2) is 7.50. The van der Waals surface area contributed by atoms with Gasteiger partial charge in [0, 0.05) is 12.1 Å². The number of amides is 1. The van der Waals surface area contributed by atoms with Crippen molar-refractivity contribution in [3.8, 4) is 0 Å². The Bertz CT molecular complexity index is 771. The van der Waals surface area contributed by atoms with Crippen LogP contribution in [0, 0.1) is 6.92 Å². The van der Waals surface area contributed by atoms with Crippen LogP contribution in [0.4, 0.5) is 13.2 Å². The number of halogens is 3. The fourth-order valence-corrected chi connectivity index (χ4v) is 3.01. The summed E-state index contributed by atoms with van der Waals surface area (Å²) in [6.07, 6.45) is -5.85. The van der Waals surface area contributed by atoms with Gasteiger partial charge in [0.05, 0.1) is 13.2 Å². The molecule has 1 aliphatic heterocycles. The van der Waals surface area contributed by atoms with Crippen molar-refractivity contribution >= 4 is 5.91 Å². The molecule has 1 heterocycles. The number of aryl methyl sites for hydroxylation is 1. The SMILES string of the molecule is Cc1ccc(Cc2ccccc2C(=O)N2CCO[C@@H](C(F)(F)F)C2)cc1. The molecule has 0 unspecified atom stereocenters. The molecule has 3 nitrogen and oxygen atoms in total. The molecule has 0 radical (unpaired) electrons. The molecule has 26 heavy (non-hydrogen) atoms. The van der Waals surface area contributed by atoms with Crippen LogP contribution in [0.15, 0.2) is 48.5 Å². The van der Waals surface area contributed by atoms with E-state index >= 15 is 0 Å². The van der Waals surface area contributed by atoms with E-state index < -0.39 is 18.8 Å². The third-order valence-corrected chi connectivity index (χ3v) is 4.48. The Morgan fingerprint density at radius 1 is 1.15 bits per heavy atom. The van der Waals surface area contributed by atoms with Gasteiger partial charge in [-0.15, -0.1) is 0 Å². The van der Waals surface area contributed by atoms with Gasteiger partial charge in [-0.25, -0.2) is 0 Å². The summed E-state index contributed by atoms with van der Waals surface area (Å²) in [6.45, 7) is 1.57. The van der Waals surface area contributed by atoms with E-state index in [9.17, 15) is 18.0 Å². The Kier molecular flexibility index (Phi) is 5.32. The summed E-state index contributed by atoms with van der Waals surface area (Å²) in [7, 11) is 0. The Balaban J connectivity index is 1.80. The fraction of sp³-hybridized carbons (Fsp3) is 0.350. The smallest absolute Gasteiger partial charge is 0.365 e. The Hall–Kier alpha value is -2.34. The van der Waals surface area contributed by atoms with Crippen LogP contribution in [-0.4, -0.2) is 42.8 Å². The molecule has 0 aliphatic carbocycles. The number of morpholine rings is 1. The van der Waals surface area contributed by atoms with Crippen LogP contribution in [0.2, 0.25) is 0 Å². The molecule has 1 amide bonds. The van der Waals surface area contributed by atoms with E-state index in [1.807, 2.05) is 43.3 Å². The highest BCUT2D eigenvalue weighted by atomic mass is 19.4. The van der Waals surface area contributed by atoms with Gasteiger partial charge in [0.2, 0.25) is 0 Å². The van der Waals surface area contributed by atoms with Crippen molar-refractivity contribution < 1.29 is 22.7 Å². The summed E-state index contributed by atoms with van der Waals surface area (Å²) >= 11 is 0. The molecule has 138 valence electrons. The number of nitrogens with zero attached hydrogens (tertiary/aromatic N) is 1. The normalized spacial score (nSPS) is 18.0. The van der Waals surface area contributed by atoms with Crippen molar-refractivity contribution in [3.63, 3.8) is 0 Å². The lowest BCUT2D eigenvalue weighted by Gasteiger charge is -2.34. The lowest BCUT2D eigenvalue weighted by molar-refractivity contribution is -0.233. The van der Waals surface area contributed by atoms with Crippen LogP contribution in [0.5, 0.6) is 0 Å². The zero-order chi connectivity index (χ0) is 18.7. The molecule has 1 aliphatic rings. The van der Waals surface area contributed by atoms with Crippen LogP contribution in [0.25, 0.3) is 0 Å². The van der Waals surface area contributed by atoms with Crippen molar-refractivity contribution in [1.29, 1.82) is 0 Å². The van der Waals surface area contributed by atoms with Crippen molar-refractivity contribution in [2.45, 2.75) is 25.6 Å². The number of benzene rings is 2. The largest absolute Gasteiger partial charge is 0.416 e.